The molecule has 1 N–H and O–H groups in total. The maximum Gasteiger partial charge on any atom is 0.110 e. The van der Waals surface area contributed by atoms with Crippen LogP contribution in [0.3, 0.4) is 0 Å². The van der Waals surface area contributed by atoms with E-state index in [1.165, 1.54) is 0 Å². The van der Waals surface area contributed by atoms with Crippen LogP contribution in [0.1, 0.15) is 24.4 Å². The smallest absolute Gasteiger partial charge is 0.110 e. The van der Waals surface area contributed by atoms with Crippen LogP contribution in [0.15, 0.2) is 30.6 Å². The van der Waals surface area contributed by atoms with Crippen LogP contribution in [-0.2, 0) is 13.5 Å². The topological polar surface area (TPSA) is 29.9 Å². The molecular formula is C14H17Cl2N3. The van der Waals surface area contributed by atoms with Crippen LogP contribution in [0.5, 0.6) is 0 Å². The van der Waals surface area contributed by atoms with E-state index in [9.17, 15) is 0 Å². The van der Waals surface area contributed by atoms with Gasteiger partial charge in [0.1, 0.15) is 5.82 Å². The number of hydrogen-bond donors (Lipinski definition) is 1. The molecule has 0 amide bonds. The molecule has 0 aliphatic rings. The zero-order valence-electron chi connectivity index (χ0n) is 11.0. The van der Waals surface area contributed by atoms with Crippen molar-refractivity contribution in [2.24, 2.45) is 7.05 Å². The third-order valence-corrected chi connectivity index (χ3v) is 3.95. The summed E-state index contributed by atoms with van der Waals surface area (Å²) < 4.78 is 2.02. The van der Waals surface area contributed by atoms with Gasteiger partial charge in [-0.05, 0) is 18.2 Å². The van der Waals surface area contributed by atoms with Crippen molar-refractivity contribution in [3.8, 4) is 0 Å². The normalized spacial score (nSPS) is 12.6. The van der Waals surface area contributed by atoms with E-state index < -0.39 is 0 Å². The van der Waals surface area contributed by atoms with Gasteiger partial charge in [0.15, 0.2) is 0 Å². The predicted octanol–water partition coefficient (Wildman–Crippen LogP) is 3.62. The summed E-state index contributed by atoms with van der Waals surface area (Å²) in [5.41, 5.74) is 1.01. The molecule has 0 spiro atoms. The molecule has 0 bridgehead atoms. The van der Waals surface area contributed by atoms with Crippen LogP contribution in [-0.4, -0.2) is 16.1 Å². The fraction of sp³-hybridized carbons (Fsp3) is 0.357. The van der Waals surface area contributed by atoms with E-state index in [1.54, 1.807) is 12.3 Å². The van der Waals surface area contributed by atoms with Gasteiger partial charge in [-0.1, -0.05) is 42.3 Å². The molecule has 5 heteroatoms. The Morgan fingerprint density at radius 3 is 2.79 bits per heavy atom. The third-order valence-electron chi connectivity index (χ3n) is 3.12. The van der Waals surface area contributed by atoms with Gasteiger partial charge in [0.05, 0.1) is 10.0 Å². The maximum absolute atomic E-state index is 6.30. The Balaban J connectivity index is 2.29. The molecule has 0 aliphatic carbocycles. The molecule has 0 aliphatic heterocycles. The maximum atomic E-state index is 6.30. The fourth-order valence-corrected chi connectivity index (χ4v) is 2.54. The SMILES string of the molecule is CCNC(Cc1nccn1C)c1cccc(Cl)c1Cl. The van der Waals surface area contributed by atoms with Gasteiger partial charge in [0, 0.05) is 31.9 Å². The lowest BCUT2D eigenvalue weighted by atomic mass is 10.0. The number of nitrogens with one attached hydrogen (secondary N) is 1. The van der Waals surface area contributed by atoms with Crippen LogP contribution in [0.2, 0.25) is 10.0 Å². The zero-order valence-corrected chi connectivity index (χ0v) is 12.5. The van der Waals surface area contributed by atoms with Gasteiger partial charge in [-0.25, -0.2) is 4.98 Å². The second kappa shape index (κ2) is 6.42. The highest BCUT2D eigenvalue weighted by Gasteiger charge is 2.17. The van der Waals surface area contributed by atoms with Gasteiger partial charge in [-0.15, -0.1) is 0 Å². The number of imidazole rings is 1. The zero-order chi connectivity index (χ0) is 13.8. The molecule has 0 radical (unpaired) electrons. The summed E-state index contributed by atoms with van der Waals surface area (Å²) in [6.45, 7) is 2.93. The van der Waals surface area contributed by atoms with Crippen molar-refractivity contribution in [2.75, 3.05) is 6.54 Å². The van der Waals surface area contributed by atoms with Gasteiger partial charge in [-0.3, -0.25) is 0 Å². The molecule has 0 saturated heterocycles. The van der Waals surface area contributed by atoms with Gasteiger partial charge in [0.25, 0.3) is 0 Å². The van der Waals surface area contributed by atoms with E-state index >= 15 is 0 Å². The van der Waals surface area contributed by atoms with E-state index in [4.69, 9.17) is 23.2 Å². The van der Waals surface area contributed by atoms with Crippen LogP contribution in [0.25, 0.3) is 0 Å². The highest BCUT2D eigenvalue weighted by molar-refractivity contribution is 6.42. The van der Waals surface area contributed by atoms with Crippen molar-refractivity contribution in [1.29, 1.82) is 0 Å². The minimum Gasteiger partial charge on any atom is -0.338 e. The number of aromatic nitrogens is 2. The lowest BCUT2D eigenvalue weighted by molar-refractivity contribution is 0.529. The van der Waals surface area contributed by atoms with Gasteiger partial charge < -0.3 is 9.88 Å². The number of likely N-dealkylation sites (N-methyl/N-ethyl adjacent to an activating group) is 1. The molecule has 2 rings (SSSR count). The molecule has 1 atom stereocenters. The number of halogens is 2. The molecule has 1 heterocycles. The Morgan fingerprint density at radius 2 is 2.16 bits per heavy atom. The molecule has 102 valence electrons. The number of hydrogen-bond acceptors (Lipinski definition) is 2. The van der Waals surface area contributed by atoms with E-state index in [1.807, 2.05) is 29.9 Å². The van der Waals surface area contributed by atoms with Crippen LogP contribution < -0.4 is 5.32 Å². The molecule has 0 saturated carbocycles. The standard InChI is InChI=1S/C14H17Cl2N3/c1-3-17-12(9-13-18-7-8-19(13)2)10-5-4-6-11(15)14(10)16/h4-8,12,17H,3,9H2,1-2H3. The summed E-state index contributed by atoms with van der Waals surface area (Å²) in [4.78, 5) is 4.36. The summed E-state index contributed by atoms with van der Waals surface area (Å²) in [6, 6.07) is 5.84. The monoisotopic (exact) mass is 297 g/mol. The predicted molar refractivity (Wildman–Crippen MR) is 79.8 cm³/mol. The average molecular weight is 298 g/mol. The number of benzene rings is 1. The van der Waals surface area contributed by atoms with Gasteiger partial charge >= 0.3 is 0 Å². The fourth-order valence-electron chi connectivity index (χ4n) is 2.10. The summed E-state index contributed by atoms with van der Waals surface area (Å²) >= 11 is 12.4. The number of aryl methyl sites for hydroxylation is 1. The Bertz CT molecular complexity index is 551. The van der Waals surface area contributed by atoms with Crippen molar-refractivity contribution in [3.63, 3.8) is 0 Å². The van der Waals surface area contributed by atoms with Crippen molar-refractivity contribution in [1.82, 2.24) is 14.9 Å². The van der Waals surface area contributed by atoms with Crippen molar-refractivity contribution in [2.45, 2.75) is 19.4 Å². The highest BCUT2D eigenvalue weighted by atomic mass is 35.5. The quantitative estimate of drug-likeness (QED) is 0.913. The first-order valence-corrected chi connectivity index (χ1v) is 7.02. The van der Waals surface area contributed by atoms with Gasteiger partial charge in [-0.2, -0.15) is 0 Å². The largest absolute Gasteiger partial charge is 0.338 e. The van der Waals surface area contributed by atoms with Crippen molar-refractivity contribution in [3.05, 3.63) is 52.0 Å². The second-order valence-electron chi connectivity index (χ2n) is 4.41. The molecule has 3 nitrogen and oxygen atoms in total. The third kappa shape index (κ3) is 3.30. The van der Waals surface area contributed by atoms with E-state index in [0.29, 0.717) is 10.0 Å². The van der Waals surface area contributed by atoms with Gasteiger partial charge in [0.2, 0.25) is 0 Å². The first-order valence-electron chi connectivity index (χ1n) is 6.27. The molecule has 1 aromatic heterocycles. The Labute approximate surface area is 123 Å². The number of rotatable bonds is 5. The Hall–Kier alpha value is -1.03. The average Bonchev–Trinajstić information content (AvgIpc) is 2.78. The van der Waals surface area contributed by atoms with E-state index in [-0.39, 0.29) is 6.04 Å². The lowest BCUT2D eigenvalue weighted by Gasteiger charge is -2.20. The minimum absolute atomic E-state index is 0.109. The molecular weight excluding hydrogens is 281 g/mol. The van der Waals surface area contributed by atoms with Crippen molar-refractivity contribution >= 4 is 23.2 Å². The van der Waals surface area contributed by atoms with E-state index in [2.05, 4.69) is 17.2 Å². The second-order valence-corrected chi connectivity index (χ2v) is 5.20. The molecule has 1 unspecified atom stereocenters. The Morgan fingerprint density at radius 1 is 1.37 bits per heavy atom. The summed E-state index contributed by atoms with van der Waals surface area (Å²) in [5.74, 6) is 1.02. The summed E-state index contributed by atoms with van der Waals surface area (Å²) in [6.07, 6.45) is 4.52. The first kappa shape index (κ1) is 14.4. The molecule has 2 aromatic rings. The van der Waals surface area contributed by atoms with Crippen LogP contribution in [0.4, 0.5) is 0 Å². The lowest BCUT2D eigenvalue weighted by Crippen LogP contribution is -2.24. The highest BCUT2D eigenvalue weighted by Crippen LogP contribution is 2.31. The molecule has 0 fully saturated rings. The summed E-state index contributed by atoms with van der Waals surface area (Å²) in [7, 11) is 1.99. The number of nitrogens with zero attached hydrogens (tertiary/aromatic N) is 2. The molecule has 1 aromatic carbocycles. The Kier molecular flexibility index (Phi) is 4.86. The molecule has 19 heavy (non-hydrogen) atoms. The van der Waals surface area contributed by atoms with Crippen LogP contribution >= 0.6 is 23.2 Å². The first-order chi connectivity index (χ1) is 9.13. The van der Waals surface area contributed by atoms with Crippen molar-refractivity contribution < 1.29 is 0 Å². The summed E-state index contributed by atoms with van der Waals surface area (Å²) in [5, 5.41) is 4.64. The van der Waals surface area contributed by atoms with E-state index in [0.717, 1.165) is 24.4 Å². The van der Waals surface area contributed by atoms with Crippen LogP contribution in [0, 0.1) is 0 Å². The minimum atomic E-state index is 0.109.